The minimum atomic E-state index is -3.44. The van der Waals surface area contributed by atoms with Gasteiger partial charge in [0.1, 0.15) is 6.79 Å². The standard InChI is InChI=1S/C17H32O7Si2/c1-9-14(5)16(7)12(3)13(4)17(8)15(6,10-2)21-26(23-17)19-11-18-25(20-14,22-16)24-26/h12-13H,9-11H2,1-8H3. The smallest absolute Gasteiger partial charge is 0.343 e. The molecule has 9 heteroatoms. The van der Waals surface area contributed by atoms with Crippen molar-refractivity contribution in [3.05, 3.63) is 0 Å². The van der Waals surface area contributed by atoms with Crippen LogP contribution in [0.3, 0.4) is 0 Å². The van der Waals surface area contributed by atoms with Crippen LogP contribution in [0, 0.1) is 11.8 Å². The summed E-state index contributed by atoms with van der Waals surface area (Å²) in [7, 11) is -6.87. The van der Waals surface area contributed by atoms with Gasteiger partial charge < -0.3 is 30.7 Å². The Labute approximate surface area is 158 Å². The molecule has 4 aliphatic heterocycles. The normalized spacial score (nSPS) is 61.8. The predicted molar refractivity (Wildman–Crippen MR) is 96.5 cm³/mol. The second kappa shape index (κ2) is 5.40. The van der Waals surface area contributed by atoms with Crippen molar-refractivity contribution < 1.29 is 30.7 Å². The minimum Gasteiger partial charge on any atom is -0.343 e. The summed E-state index contributed by atoms with van der Waals surface area (Å²) < 4.78 is 44.2. The molecule has 0 aliphatic carbocycles. The molecule has 4 rings (SSSR count). The molecule has 0 aromatic carbocycles. The average Bonchev–Trinajstić information content (AvgIpc) is 2.93. The highest BCUT2D eigenvalue weighted by Gasteiger charge is 2.81. The van der Waals surface area contributed by atoms with Crippen LogP contribution < -0.4 is 0 Å². The lowest BCUT2D eigenvalue weighted by Crippen LogP contribution is -2.64. The maximum Gasteiger partial charge on any atom is 0.676 e. The monoisotopic (exact) mass is 404 g/mol. The Bertz CT molecular complexity index is 574. The summed E-state index contributed by atoms with van der Waals surface area (Å²) in [6, 6.07) is 0. The largest absolute Gasteiger partial charge is 0.676 e. The number of hydrogen-bond acceptors (Lipinski definition) is 7. The van der Waals surface area contributed by atoms with Crippen LogP contribution in [0.5, 0.6) is 0 Å². The van der Waals surface area contributed by atoms with E-state index in [1.54, 1.807) is 0 Å². The van der Waals surface area contributed by atoms with Crippen LogP contribution in [-0.4, -0.2) is 47.3 Å². The highest BCUT2D eigenvalue weighted by molar-refractivity contribution is 6.70. The van der Waals surface area contributed by atoms with Gasteiger partial charge in [0.2, 0.25) is 0 Å². The Morgan fingerprint density at radius 2 is 1.12 bits per heavy atom. The van der Waals surface area contributed by atoms with Crippen LogP contribution in [0.15, 0.2) is 0 Å². The van der Waals surface area contributed by atoms with Crippen molar-refractivity contribution in [2.24, 2.45) is 11.8 Å². The molecule has 7 nitrogen and oxygen atoms in total. The van der Waals surface area contributed by atoms with Gasteiger partial charge in [-0.3, -0.25) is 0 Å². The second-order valence-electron chi connectivity index (χ2n) is 8.88. The summed E-state index contributed by atoms with van der Waals surface area (Å²) in [5.41, 5.74) is -2.16. The van der Waals surface area contributed by atoms with Gasteiger partial charge in [-0.15, -0.1) is 0 Å². The van der Waals surface area contributed by atoms with Crippen molar-refractivity contribution in [1.82, 2.24) is 0 Å². The van der Waals surface area contributed by atoms with E-state index < -0.39 is 40.5 Å². The third kappa shape index (κ3) is 2.12. The van der Waals surface area contributed by atoms with Gasteiger partial charge in [-0.2, -0.15) is 0 Å². The lowest BCUT2D eigenvalue weighted by atomic mass is 9.63. The second-order valence-corrected chi connectivity index (χ2v) is 13.1. The lowest BCUT2D eigenvalue weighted by molar-refractivity contribution is -0.133. The molecule has 0 amide bonds. The Morgan fingerprint density at radius 1 is 0.731 bits per heavy atom. The first-order valence-corrected chi connectivity index (χ1v) is 13.0. The molecular weight excluding hydrogens is 372 g/mol. The third-order valence-electron chi connectivity index (χ3n) is 8.03. The van der Waals surface area contributed by atoms with Crippen molar-refractivity contribution in [2.45, 2.75) is 90.6 Å². The van der Waals surface area contributed by atoms with Crippen molar-refractivity contribution in [2.75, 3.05) is 6.79 Å². The first-order valence-electron chi connectivity index (χ1n) is 9.71. The van der Waals surface area contributed by atoms with E-state index in [1.165, 1.54) is 0 Å². The molecule has 4 fully saturated rings. The first-order chi connectivity index (χ1) is 11.9. The summed E-state index contributed by atoms with van der Waals surface area (Å²) in [6.45, 7) is 17.1. The molecule has 0 saturated carbocycles. The van der Waals surface area contributed by atoms with Crippen LogP contribution in [0.1, 0.15) is 68.2 Å². The lowest BCUT2D eigenvalue weighted by Gasteiger charge is -2.50. The minimum absolute atomic E-state index is 0.00690. The fraction of sp³-hybridized carbons (Fsp3) is 1.00. The van der Waals surface area contributed by atoms with Crippen molar-refractivity contribution in [1.29, 1.82) is 0 Å². The van der Waals surface area contributed by atoms with E-state index in [2.05, 4.69) is 55.4 Å². The van der Waals surface area contributed by atoms with Crippen LogP contribution in [0.4, 0.5) is 0 Å². The molecule has 26 heavy (non-hydrogen) atoms. The molecule has 150 valence electrons. The molecule has 0 N–H and O–H groups in total. The van der Waals surface area contributed by atoms with E-state index in [0.717, 1.165) is 12.8 Å². The Balaban J connectivity index is 1.92. The van der Waals surface area contributed by atoms with Gasteiger partial charge in [-0.1, -0.05) is 27.7 Å². The summed E-state index contributed by atoms with van der Waals surface area (Å²) in [5, 5.41) is 0. The Morgan fingerprint density at radius 3 is 1.46 bits per heavy atom. The zero-order valence-electron chi connectivity index (χ0n) is 17.1. The first kappa shape index (κ1) is 19.5. The number of rotatable bonds is 2. The van der Waals surface area contributed by atoms with Gasteiger partial charge in [0.15, 0.2) is 0 Å². The Kier molecular flexibility index (Phi) is 4.04. The molecule has 4 bridgehead atoms. The van der Waals surface area contributed by atoms with Gasteiger partial charge >= 0.3 is 18.1 Å². The molecular formula is C17H32O7Si2. The van der Waals surface area contributed by atoms with Gasteiger partial charge in [-0.25, -0.2) is 0 Å². The van der Waals surface area contributed by atoms with Gasteiger partial charge in [-0.05, 0) is 52.4 Å². The summed E-state index contributed by atoms with van der Waals surface area (Å²) >= 11 is 0. The Hall–Kier alpha value is 0.154. The van der Waals surface area contributed by atoms with Crippen molar-refractivity contribution in [3.8, 4) is 0 Å². The highest BCUT2D eigenvalue weighted by atomic mass is 28.5. The van der Waals surface area contributed by atoms with E-state index in [-0.39, 0.29) is 18.6 Å². The van der Waals surface area contributed by atoms with E-state index in [9.17, 15) is 0 Å². The molecule has 0 aromatic rings. The van der Waals surface area contributed by atoms with Crippen molar-refractivity contribution in [3.63, 3.8) is 0 Å². The average molecular weight is 405 g/mol. The van der Waals surface area contributed by atoms with Gasteiger partial charge in [0.25, 0.3) is 0 Å². The van der Waals surface area contributed by atoms with E-state index >= 15 is 0 Å². The topological polar surface area (TPSA) is 64.6 Å². The van der Waals surface area contributed by atoms with Crippen LogP contribution in [-0.2, 0) is 30.7 Å². The van der Waals surface area contributed by atoms with Crippen molar-refractivity contribution >= 4 is 18.1 Å². The molecule has 0 radical (unpaired) electrons. The van der Waals surface area contributed by atoms with Crippen LogP contribution in [0.2, 0.25) is 0 Å². The predicted octanol–water partition coefficient (Wildman–Crippen LogP) is 3.11. The molecule has 4 saturated heterocycles. The fourth-order valence-electron chi connectivity index (χ4n) is 5.07. The van der Waals surface area contributed by atoms with E-state index in [4.69, 9.17) is 30.7 Å². The zero-order chi connectivity index (χ0) is 19.2. The van der Waals surface area contributed by atoms with Crippen LogP contribution >= 0.6 is 0 Å². The molecule has 4 heterocycles. The maximum absolute atomic E-state index is 6.58. The molecule has 8 atom stereocenters. The van der Waals surface area contributed by atoms with E-state index in [1.807, 2.05) is 0 Å². The van der Waals surface area contributed by atoms with E-state index in [0.29, 0.717) is 0 Å². The summed E-state index contributed by atoms with van der Waals surface area (Å²) in [4.78, 5) is 0. The van der Waals surface area contributed by atoms with Gasteiger partial charge in [0, 0.05) is 0 Å². The summed E-state index contributed by atoms with van der Waals surface area (Å²) in [6.07, 6.45) is 1.59. The number of fused-ring (bicyclic) bond motifs is 2. The maximum atomic E-state index is 6.58. The molecule has 8 unspecified atom stereocenters. The quantitative estimate of drug-likeness (QED) is 0.655. The SMILES string of the molecule is CCC1(C)O[Si]23OCO[Si]4(OC(C)(CC)C(C)(O4)C(C)C(C)C1(C)O2)O3. The summed E-state index contributed by atoms with van der Waals surface area (Å²) in [5.74, 6) is 0.240. The van der Waals surface area contributed by atoms with Gasteiger partial charge in [0.05, 0.1) is 22.4 Å². The third-order valence-corrected chi connectivity index (χ3v) is 13.7. The fourth-order valence-corrected chi connectivity index (χ4v) is 11.9. The van der Waals surface area contributed by atoms with Crippen LogP contribution in [0.25, 0.3) is 0 Å². The number of hydrogen-bond donors (Lipinski definition) is 0. The molecule has 2 spiro atoms. The molecule has 0 aromatic heterocycles. The molecule has 4 aliphatic rings. The zero-order valence-corrected chi connectivity index (χ0v) is 19.1. The highest BCUT2D eigenvalue weighted by Crippen LogP contribution is 2.60.